The van der Waals surface area contributed by atoms with Gasteiger partial charge in [-0.15, -0.1) is 0 Å². The molecule has 0 aliphatic rings. The Labute approximate surface area is 339 Å². The maximum atomic E-state index is 2.41. The lowest BCUT2D eigenvalue weighted by molar-refractivity contribution is 1.59. The smallest absolute Gasteiger partial charge is 0.00259 e. The lowest BCUT2D eigenvalue weighted by Gasteiger charge is -2.20. The van der Waals surface area contributed by atoms with Crippen LogP contribution in [0.5, 0.6) is 0 Å². The van der Waals surface area contributed by atoms with Crippen LogP contribution in [-0.4, -0.2) is 0 Å². The molecule has 11 aromatic carbocycles. The Hall–Kier alpha value is -7.54. The van der Waals surface area contributed by atoms with E-state index in [9.17, 15) is 0 Å². The minimum Gasteiger partial charge on any atom is -0.0622 e. The topological polar surface area (TPSA) is 0 Å². The van der Waals surface area contributed by atoms with Crippen molar-refractivity contribution in [1.82, 2.24) is 0 Å². The predicted octanol–water partition coefficient (Wildman–Crippen LogP) is 16.3. The van der Waals surface area contributed by atoms with Crippen molar-refractivity contribution in [2.45, 2.75) is 0 Å². The van der Waals surface area contributed by atoms with Crippen LogP contribution in [0.4, 0.5) is 0 Å². The molecule has 0 radical (unpaired) electrons. The van der Waals surface area contributed by atoms with Crippen LogP contribution in [-0.2, 0) is 0 Å². The van der Waals surface area contributed by atoms with E-state index >= 15 is 0 Å². The Kier molecular flexibility index (Phi) is 8.26. The van der Waals surface area contributed by atoms with Gasteiger partial charge in [-0.3, -0.25) is 0 Å². The second-order valence-corrected chi connectivity index (χ2v) is 15.2. The first-order valence-corrected chi connectivity index (χ1v) is 20.1. The second kappa shape index (κ2) is 14.2. The van der Waals surface area contributed by atoms with E-state index in [4.69, 9.17) is 0 Å². The molecule has 0 aliphatic carbocycles. The fourth-order valence-corrected chi connectivity index (χ4v) is 9.15. The maximum Gasteiger partial charge on any atom is -0.00259 e. The van der Waals surface area contributed by atoms with Gasteiger partial charge in [-0.05, 0) is 146 Å². The highest BCUT2D eigenvalue weighted by atomic mass is 14.2. The van der Waals surface area contributed by atoms with Crippen molar-refractivity contribution >= 4 is 43.1 Å². The predicted molar refractivity (Wildman–Crippen MR) is 249 cm³/mol. The molecule has 0 spiro atoms. The molecule has 0 saturated carbocycles. The van der Waals surface area contributed by atoms with E-state index in [0.717, 1.165) is 0 Å². The van der Waals surface area contributed by atoms with Gasteiger partial charge >= 0.3 is 0 Å². The Morgan fingerprint density at radius 1 is 0.172 bits per heavy atom. The van der Waals surface area contributed by atoms with Gasteiger partial charge in [0.25, 0.3) is 0 Å². The highest BCUT2D eigenvalue weighted by Gasteiger charge is 2.20. The molecule has 0 amide bonds. The van der Waals surface area contributed by atoms with Crippen molar-refractivity contribution in [1.29, 1.82) is 0 Å². The average Bonchev–Trinajstić information content (AvgIpc) is 3.30. The molecule has 0 unspecified atom stereocenters. The Bertz CT molecular complexity index is 3030. The number of hydrogen-bond donors (Lipinski definition) is 0. The van der Waals surface area contributed by atoms with Crippen LogP contribution in [0.15, 0.2) is 231 Å². The van der Waals surface area contributed by atoms with Crippen LogP contribution in [0.2, 0.25) is 0 Å². The van der Waals surface area contributed by atoms with Gasteiger partial charge in [-0.2, -0.15) is 0 Å². The minimum absolute atomic E-state index is 1.20. The van der Waals surface area contributed by atoms with Gasteiger partial charge in [0.15, 0.2) is 0 Å². The fraction of sp³-hybridized carbons (Fsp3) is 0. The normalized spacial score (nSPS) is 11.4. The van der Waals surface area contributed by atoms with Crippen molar-refractivity contribution in [3.05, 3.63) is 231 Å². The van der Waals surface area contributed by atoms with Crippen LogP contribution < -0.4 is 0 Å². The number of benzene rings is 11. The van der Waals surface area contributed by atoms with Crippen LogP contribution >= 0.6 is 0 Å². The Morgan fingerprint density at radius 2 is 0.466 bits per heavy atom. The van der Waals surface area contributed by atoms with Crippen molar-refractivity contribution < 1.29 is 0 Å². The lowest BCUT2D eigenvalue weighted by atomic mass is 9.83. The summed E-state index contributed by atoms with van der Waals surface area (Å²) in [5.74, 6) is 0. The largest absolute Gasteiger partial charge is 0.0622 e. The zero-order valence-electron chi connectivity index (χ0n) is 31.9. The van der Waals surface area contributed by atoms with Gasteiger partial charge in [-0.1, -0.05) is 194 Å². The van der Waals surface area contributed by atoms with Crippen LogP contribution in [0, 0.1) is 0 Å². The molecular weight excluding hydrogens is 697 g/mol. The molecule has 270 valence electrons. The monoisotopic (exact) mass is 734 g/mol. The molecule has 0 aliphatic heterocycles. The van der Waals surface area contributed by atoms with Crippen LogP contribution in [0.3, 0.4) is 0 Å². The van der Waals surface area contributed by atoms with E-state index in [-0.39, 0.29) is 0 Å². The van der Waals surface area contributed by atoms with Gasteiger partial charge in [0, 0.05) is 0 Å². The van der Waals surface area contributed by atoms with E-state index in [1.165, 1.54) is 110 Å². The summed E-state index contributed by atoms with van der Waals surface area (Å²) in [4.78, 5) is 0. The first-order chi connectivity index (χ1) is 28.8. The molecule has 0 heterocycles. The standard InChI is InChI=1S/C58H38/c1-3-17-39(18-4-1)43-33-45(51-31-15-23-41-21-7-9-25-49(41)51)37-47(35-43)57-53-27-11-13-29-55(53)58(56-30-14-12-28-54(56)57)48-36-44(40-19-5-2-6-20-40)34-46(38-48)52-32-16-24-42-22-8-10-26-50(42)52/h1-38H. The fourth-order valence-electron chi connectivity index (χ4n) is 9.15. The van der Waals surface area contributed by atoms with E-state index in [1.807, 2.05) is 0 Å². The molecule has 11 aromatic rings. The molecule has 0 nitrogen and oxygen atoms in total. The molecule has 11 rings (SSSR count). The van der Waals surface area contributed by atoms with Gasteiger partial charge < -0.3 is 0 Å². The van der Waals surface area contributed by atoms with Crippen molar-refractivity contribution in [2.75, 3.05) is 0 Å². The summed E-state index contributed by atoms with van der Waals surface area (Å²) in [5, 5.41) is 9.95. The quantitative estimate of drug-likeness (QED) is 0.149. The third-order valence-electron chi connectivity index (χ3n) is 11.8. The number of rotatable bonds is 6. The van der Waals surface area contributed by atoms with Gasteiger partial charge in [0.2, 0.25) is 0 Å². The summed E-state index contributed by atoms with van der Waals surface area (Å²) in [6.07, 6.45) is 0. The summed E-state index contributed by atoms with van der Waals surface area (Å²) in [7, 11) is 0. The third-order valence-corrected chi connectivity index (χ3v) is 11.8. The highest BCUT2D eigenvalue weighted by molar-refractivity contribution is 6.22. The zero-order valence-corrected chi connectivity index (χ0v) is 31.9. The summed E-state index contributed by atoms with van der Waals surface area (Å²) >= 11 is 0. The molecule has 0 atom stereocenters. The van der Waals surface area contributed by atoms with Crippen LogP contribution in [0.1, 0.15) is 0 Å². The van der Waals surface area contributed by atoms with Crippen LogP contribution in [0.25, 0.3) is 110 Å². The minimum atomic E-state index is 1.20. The summed E-state index contributed by atoms with van der Waals surface area (Å²) in [6.45, 7) is 0. The lowest BCUT2D eigenvalue weighted by Crippen LogP contribution is -1.93. The molecule has 0 N–H and O–H groups in total. The number of fused-ring (bicyclic) bond motifs is 4. The molecule has 0 aromatic heterocycles. The first-order valence-electron chi connectivity index (χ1n) is 20.1. The van der Waals surface area contributed by atoms with E-state index in [0.29, 0.717) is 0 Å². The average molecular weight is 735 g/mol. The molecular formula is C58H38. The Morgan fingerprint density at radius 3 is 0.862 bits per heavy atom. The van der Waals surface area contributed by atoms with E-state index < -0.39 is 0 Å². The molecule has 0 bridgehead atoms. The second-order valence-electron chi connectivity index (χ2n) is 15.2. The molecule has 0 saturated heterocycles. The van der Waals surface area contributed by atoms with Gasteiger partial charge in [0.05, 0.1) is 0 Å². The first kappa shape index (κ1) is 33.8. The van der Waals surface area contributed by atoms with Crippen molar-refractivity contribution in [3.8, 4) is 66.8 Å². The Balaban J connectivity index is 1.21. The maximum absolute atomic E-state index is 2.41. The van der Waals surface area contributed by atoms with Crippen molar-refractivity contribution in [3.63, 3.8) is 0 Å². The number of hydrogen-bond acceptors (Lipinski definition) is 0. The summed E-state index contributed by atoms with van der Waals surface area (Å²) in [6, 6.07) is 84.8. The summed E-state index contributed by atoms with van der Waals surface area (Å²) in [5.41, 5.74) is 14.6. The molecule has 0 fully saturated rings. The van der Waals surface area contributed by atoms with Crippen molar-refractivity contribution in [2.24, 2.45) is 0 Å². The van der Waals surface area contributed by atoms with E-state index in [2.05, 4.69) is 231 Å². The molecule has 0 heteroatoms. The highest BCUT2D eigenvalue weighted by Crippen LogP contribution is 2.47. The zero-order chi connectivity index (χ0) is 38.4. The van der Waals surface area contributed by atoms with Gasteiger partial charge in [0.1, 0.15) is 0 Å². The van der Waals surface area contributed by atoms with E-state index in [1.54, 1.807) is 0 Å². The SMILES string of the molecule is c1ccc(-c2cc(-c3cccc4ccccc34)cc(-c3c4ccccc4c(-c4cc(-c5ccccc5)cc(-c5cccc6ccccc56)c4)c4ccccc34)c2)cc1. The molecule has 58 heavy (non-hydrogen) atoms. The third kappa shape index (κ3) is 5.86. The summed E-state index contributed by atoms with van der Waals surface area (Å²) < 4.78 is 0. The van der Waals surface area contributed by atoms with Gasteiger partial charge in [-0.25, -0.2) is 0 Å².